The molecule has 0 bridgehead atoms. The molecular weight excluding hydrogens is 270 g/mol. The Morgan fingerprint density at radius 3 is 2.81 bits per heavy atom. The molecular formula is C15H19N3O3. The van der Waals surface area contributed by atoms with E-state index < -0.39 is 0 Å². The van der Waals surface area contributed by atoms with E-state index in [0.29, 0.717) is 18.7 Å². The predicted octanol–water partition coefficient (Wildman–Crippen LogP) is 1.08. The Hall–Kier alpha value is -2.08. The zero-order valence-electron chi connectivity index (χ0n) is 12.0. The van der Waals surface area contributed by atoms with Crippen LogP contribution in [0.25, 0.3) is 0 Å². The number of urea groups is 1. The van der Waals surface area contributed by atoms with Crippen molar-refractivity contribution in [2.45, 2.75) is 13.0 Å². The first-order chi connectivity index (χ1) is 10.2. The molecule has 21 heavy (non-hydrogen) atoms. The molecule has 0 unspecified atom stereocenters. The smallest absolute Gasteiger partial charge is 0.338 e. The topological polar surface area (TPSA) is 61.9 Å². The fraction of sp³-hybridized carbons (Fsp3) is 0.467. The predicted molar refractivity (Wildman–Crippen MR) is 78.5 cm³/mol. The lowest BCUT2D eigenvalue weighted by atomic mass is 10.2. The summed E-state index contributed by atoms with van der Waals surface area (Å²) >= 11 is 0. The third-order valence-corrected chi connectivity index (χ3v) is 3.91. The maximum absolute atomic E-state index is 12.4. The molecule has 2 aliphatic heterocycles. The van der Waals surface area contributed by atoms with Gasteiger partial charge in [-0.3, -0.25) is 4.90 Å². The molecule has 1 N–H and O–H groups in total. The second-order valence-corrected chi connectivity index (χ2v) is 5.21. The van der Waals surface area contributed by atoms with Gasteiger partial charge in [0.25, 0.3) is 0 Å². The molecule has 112 valence electrons. The lowest BCUT2D eigenvalue weighted by Crippen LogP contribution is -2.49. The van der Waals surface area contributed by atoms with E-state index in [1.807, 2.05) is 4.90 Å². The van der Waals surface area contributed by atoms with Crippen LogP contribution in [-0.4, -0.2) is 55.7 Å². The number of nitrogens with zero attached hydrogens (tertiary/aromatic N) is 2. The Labute approximate surface area is 123 Å². The Morgan fingerprint density at radius 2 is 2.14 bits per heavy atom. The van der Waals surface area contributed by atoms with Crippen LogP contribution in [0, 0.1) is 0 Å². The van der Waals surface area contributed by atoms with Crippen LogP contribution in [0.3, 0.4) is 0 Å². The van der Waals surface area contributed by atoms with Crippen molar-refractivity contribution in [1.82, 2.24) is 10.2 Å². The number of piperazine rings is 1. The van der Waals surface area contributed by atoms with Gasteiger partial charge < -0.3 is 15.0 Å². The summed E-state index contributed by atoms with van der Waals surface area (Å²) in [6, 6.07) is 7.29. The number of esters is 1. The number of anilines is 1. The van der Waals surface area contributed by atoms with Gasteiger partial charge >= 0.3 is 12.0 Å². The van der Waals surface area contributed by atoms with Gasteiger partial charge in [0, 0.05) is 31.9 Å². The molecule has 1 aromatic carbocycles. The summed E-state index contributed by atoms with van der Waals surface area (Å²) < 4.78 is 4.96. The number of carbonyl (C=O) groups is 2. The molecule has 2 amide bonds. The van der Waals surface area contributed by atoms with Crippen LogP contribution in [0.1, 0.15) is 17.3 Å². The summed E-state index contributed by atoms with van der Waals surface area (Å²) in [5.41, 5.74) is 1.33. The van der Waals surface area contributed by atoms with Gasteiger partial charge in [-0.2, -0.15) is 0 Å². The number of hydrogen-bond donors (Lipinski definition) is 1. The summed E-state index contributed by atoms with van der Waals surface area (Å²) in [6.45, 7) is 5.25. The van der Waals surface area contributed by atoms with E-state index in [9.17, 15) is 9.59 Å². The highest BCUT2D eigenvalue weighted by molar-refractivity contribution is 5.96. The summed E-state index contributed by atoms with van der Waals surface area (Å²) in [5, 5.41) is 3.31. The molecule has 2 aliphatic rings. The average Bonchev–Trinajstić information content (AvgIpc) is 2.85. The van der Waals surface area contributed by atoms with E-state index in [-0.39, 0.29) is 18.0 Å². The molecule has 2 heterocycles. The normalized spacial score (nSPS) is 21.4. The van der Waals surface area contributed by atoms with E-state index in [2.05, 4.69) is 5.32 Å². The minimum Gasteiger partial charge on any atom is -0.462 e. The first kappa shape index (κ1) is 13.9. The molecule has 2 fully saturated rings. The van der Waals surface area contributed by atoms with Crippen molar-refractivity contribution in [1.29, 1.82) is 0 Å². The Morgan fingerprint density at radius 1 is 1.38 bits per heavy atom. The molecule has 0 aromatic heterocycles. The first-order valence-electron chi connectivity index (χ1n) is 7.26. The number of ether oxygens (including phenoxy) is 1. The summed E-state index contributed by atoms with van der Waals surface area (Å²) in [6.07, 6.45) is 0. The van der Waals surface area contributed by atoms with Crippen LogP contribution in [0.2, 0.25) is 0 Å². The highest BCUT2D eigenvalue weighted by atomic mass is 16.5. The first-order valence-corrected chi connectivity index (χ1v) is 7.26. The van der Waals surface area contributed by atoms with Gasteiger partial charge in [0.1, 0.15) is 0 Å². The summed E-state index contributed by atoms with van der Waals surface area (Å²) in [7, 11) is 0. The van der Waals surface area contributed by atoms with E-state index >= 15 is 0 Å². The van der Waals surface area contributed by atoms with Crippen LogP contribution in [0.15, 0.2) is 24.3 Å². The monoisotopic (exact) mass is 289 g/mol. The second-order valence-electron chi connectivity index (χ2n) is 5.21. The maximum atomic E-state index is 12.4. The van der Waals surface area contributed by atoms with Crippen molar-refractivity contribution in [2.24, 2.45) is 0 Å². The fourth-order valence-electron chi connectivity index (χ4n) is 2.83. The quantitative estimate of drug-likeness (QED) is 0.846. The lowest BCUT2D eigenvalue weighted by molar-refractivity contribution is 0.0526. The minimum atomic E-state index is -0.335. The SMILES string of the molecule is CCOC(=O)c1ccc(N2C[C@@H]3CNCCN3C2=O)cc1. The van der Waals surface area contributed by atoms with E-state index in [1.165, 1.54) is 0 Å². The highest BCUT2D eigenvalue weighted by Crippen LogP contribution is 2.25. The highest BCUT2D eigenvalue weighted by Gasteiger charge is 2.38. The second kappa shape index (κ2) is 5.73. The van der Waals surface area contributed by atoms with Crippen LogP contribution >= 0.6 is 0 Å². The number of benzene rings is 1. The van der Waals surface area contributed by atoms with Crippen molar-refractivity contribution >= 4 is 17.7 Å². The Balaban J connectivity index is 1.75. The average molecular weight is 289 g/mol. The van der Waals surface area contributed by atoms with Crippen molar-refractivity contribution in [3.63, 3.8) is 0 Å². The molecule has 2 saturated heterocycles. The van der Waals surface area contributed by atoms with Crippen LogP contribution < -0.4 is 10.2 Å². The van der Waals surface area contributed by atoms with Crippen LogP contribution in [0.5, 0.6) is 0 Å². The third kappa shape index (κ3) is 2.58. The largest absolute Gasteiger partial charge is 0.462 e. The zero-order valence-corrected chi connectivity index (χ0v) is 12.0. The number of amides is 2. The molecule has 1 atom stereocenters. The molecule has 0 saturated carbocycles. The fourth-order valence-corrected chi connectivity index (χ4v) is 2.83. The molecule has 3 rings (SSSR count). The number of hydrogen-bond acceptors (Lipinski definition) is 4. The Kier molecular flexibility index (Phi) is 3.79. The molecule has 6 nitrogen and oxygen atoms in total. The summed E-state index contributed by atoms with van der Waals surface area (Å²) in [5.74, 6) is -0.335. The van der Waals surface area contributed by atoms with E-state index in [1.54, 1.807) is 36.1 Å². The number of fused-ring (bicyclic) bond motifs is 1. The minimum absolute atomic E-state index is 0.0467. The van der Waals surface area contributed by atoms with Gasteiger partial charge in [-0.05, 0) is 31.2 Å². The third-order valence-electron chi connectivity index (χ3n) is 3.91. The standard InChI is InChI=1S/C15H19N3O3/c1-2-21-14(19)11-3-5-12(6-4-11)18-10-13-9-16-7-8-17(13)15(18)20/h3-6,13,16H,2,7-10H2,1H3/t13-/m0/s1. The van der Waals surface area contributed by atoms with E-state index in [0.717, 1.165) is 25.3 Å². The number of nitrogens with one attached hydrogen (secondary N) is 1. The molecule has 0 spiro atoms. The molecule has 1 aromatic rings. The van der Waals surface area contributed by atoms with Gasteiger partial charge in [-0.25, -0.2) is 9.59 Å². The van der Waals surface area contributed by atoms with Gasteiger partial charge in [-0.15, -0.1) is 0 Å². The van der Waals surface area contributed by atoms with Crippen molar-refractivity contribution in [2.75, 3.05) is 37.7 Å². The molecule has 0 aliphatic carbocycles. The zero-order chi connectivity index (χ0) is 14.8. The number of rotatable bonds is 3. The van der Waals surface area contributed by atoms with E-state index in [4.69, 9.17) is 4.74 Å². The van der Waals surface area contributed by atoms with Crippen molar-refractivity contribution in [3.05, 3.63) is 29.8 Å². The van der Waals surface area contributed by atoms with Gasteiger partial charge in [0.2, 0.25) is 0 Å². The van der Waals surface area contributed by atoms with Crippen LogP contribution in [-0.2, 0) is 4.74 Å². The summed E-state index contributed by atoms with van der Waals surface area (Å²) in [4.78, 5) is 27.7. The van der Waals surface area contributed by atoms with Gasteiger partial charge in [-0.1, -0.05) is 0 Å². The van der Waals surface area contributed by atoms with Crippen molar-refractivity contribution < 1.29 is 14.3 Å². The molecule has 0 radical (unpaired) electrons. The van der Waals surface area contributed by atoms with Gasteiger partial charge in [0.15, 0.2) is 0 Å². The van der Waals surface area contributed by atoms with Crippen LogP contribution in [0.4, 0.5) is 10.5 Å². The Bertz CT molecular complexity index is 544. The maximum Gasteiger partial charge on any atom is 0.338 e. The lowest BCUT2D eigenvalue weighted by Gasteiger charge is -2.28. The van der Waals surface area contributed by atoms with Gasteiger partial charge in [0.05, 0.1) is 18.2 Å². The molecule has 6 heteroatoms. The number of carbonyl (C=O) groups excluding carboxylic acids is 2. The van der Waals surface area contributed by atoms with Crippen molar-refractivity contribution in [3.8, 4) is 0 Å².